The lowest BCUT2D eigenvalue weighted by Crippen LogP contribution is -2.39. The van der Waals surface area contributed by atoms with Gasteiger partial charge in [-0.1, -0.05) is 25.1 Å². The van der Waals surface area contributed by atoms with E-state index in [9.17, 15) is 9.59 Å². The van der Waals surface area contributed by atoms with Crippen LogP contribution in [0.15, 0.2) is 42.6 Å². The van der Waals surface area contributed by atoms with Crippen molar-refractivity contribution < 1.29 is 14.3 Å². The molecule has 0 radical (unpaired) electrons. The van der Waals surface area contributed by atoms with Crippen molar-refractivity contribution in [3.63, 3.8) is 0 Å². The summed E-state index contributed by atoms with van der Waals surface area (Å²) in [4.78, 5) is 31.2. The molecule has 2 amide bonds. The van der Waals surface area contributed by atoms with Gasteiger partial charge in [0, 0.05) is 31.4 Å². The van der Waals surface area contributed by atoms with Crippen LogP contribution in [0.2, 0.25) is 0 Å². The number of ether oxygens (including phenoxy) is 1. The Balaban J connectivity index is 1.60. The smallest absolute Gasteiger partial charge is 0.269 e. The number of rotatable bonds is 6. The first kappa shape index (κ1) is 19.9. The zero-order valence-corrected chi connectivity index (χ0v) is 16.5. The summed E-state index contributed by atoms with van der Waals surface area (Å²) >= 11 is 0. The Morgan fingerprint density at radius 2 is 2.11 bits per heavy atom. The van der Waals surface area contributed by atoms with Crippen LogP contribution in [0.3, 0.4) is 0 Å². The monoisotopic (exact) mass is 381 g/mol. The number of hydrogen-bond donors (Lipinski definition) is 1. The summed E-state index contributed by atoms with van der Waals surface area (Å²) in [6.07, 6.45) is 4.35. The number of likely N-dealkylation sites (tertiary alicyclic amines) is 1. The normalized spacial score (nSPS) is 16.5. The summed E-state index contributed by atoms with van der Waals surface area (Å²) in [6.45, 7) is 4.16. The molecule has 1 saturated heterocycles. The fourth-order valence-corrected chi connectivity index (χ4v) is 3.55. The molecule has 1 aromatic carbocycles. The fraction of sp³-hybridized carbons (Fsp3) is 0.409. The van der Waals surface area contributed by atoms with Crippen LogP contribution in [0.1, 0.15) is 46.2 Å². The van der Waals surface area contributed by atoms with Crippen LogP contribution >= 0.6 is 0 Å². The third kappa shape index (κ3) is 4.88. The number of piperidine rings is 1. The van der Waals surface area contributed by atoms with Crippen LogP contribution in [0.5, 0.6) is 5.75 Å². The summed E-state index contributed by atoms with van der Waals surface area (Å²) in [6, 6.07) is 11.0. The average Bonchev–Trinajstić information content (AvgIpc) is 2.73. The zero-order chi connectivity index (χ0) is 19.9. The highest BCUT2D eigenvalue weighted by Gasteiger charge is 2.22. The minimum Gasteiger partial charge on any atom is -0.496 e. The van der Waals surface area contributed by atoms with Gasteiger partial charge >= 0.3 is 0 Å². The van der Waals surface area contributed by atoms with Gasteiger partial charge in [-0.2, -0.15) is 0 Å². The molecule has 1 fully saturated rings. The quantitative estimate of drug-likeness (QED) is 0.835. The lowest BCUT2D eigenvalue weighted by atomic mass is 9.99. The zero-order valence-electron chi connectivity index (χ0n) is 16.5. The number of hydrogen-bond acceptors (Lipinski definition) is 4. The second-order valence-corrected chi connectivity index (χ2v) is 7.25. The molecule has 2 heterocycles. The predicted octanol–water partition coefficient (Wildman–Crippen LogP) is 2.93. The Morgan fingerprint density at radius 1 is 1.29 bits per heavy atom. The number of benzene rings is 1. The van der Waals surface area contributed by atoms with Crippen molar-refractivity contribution in [3.8, 4) is 5.75 Å². The lowest BCUT2D eigenvalue weighted by Gasteiger charge is -2.31. The van der Waals surface area contributed by atoms with Crippen LogP contribution < -0.4 is 10.1 Å². The molecule has 1 aromatic heterocycles. The highest BCUT2D eigenvalue weighted by atomic mass is 16.5. The van der Waals surface area contributed by atoms with Crippen LogP contribution in [0, 0.1) is 5.92 Å². The number of carbonyl (C=O) groups excluding carboxylic acids is 2. The van der Waals surface area contributed by atoms with Gasteiger partial charge in [0.1, 0.15) is 11.4 Å². The van der Waals surface area contributed by atoms with E-state index in [1.165, 1.54) is 6.20 Å². The van der Waals surface area contributed by atoms with Crippen molar-refractivity contribution in [3.05, 3.63) is 59.4 Å². The summed E-state index contributed by atoms with van der Waals surface area (Å²) in [5, 5.41) is 2.87. The SMILES string of the molecule is COc1ccccc1CCNC(=O)c1cc(C(=O)N2CCCC(C)C2)ccn1. The molecule has 0 spiro atoms. The van der Waals surface area contributed by atoms with E-state index in [4.69, 9.17) is 4.74 Å². The van der Waals surface area contributed by atoms with Crippen LogP contribution in [0.4, 0.5) is 0 Å². The number of nitrogens with zero attached hydrogens (tertiary/aromatic N) is 2. The molecule has 148 valence electrons. The van der Waals surface area contributed by atoms with E-state index in [0.717, 1.165) is 37.2 Å². The van der Waals surface area contributed by atoms with Crippen LogP contribution in [-0.2, 0) is 6.42 Å². The van der Waals surface area contributed by atoms with Gasteiger partial charge in [-0.05, 0) is 48.9 Å². The first-order valence-corrected chi connectivity index (χ1v) is 9.74. The van der Waals surface area contributed by atoms with Crippen molar-refractivity contribution in [2.45, 2.75) is 26.2 Å². The van der Waals surface area contributed by atoms with Crippen molar-refractivity contribution in [1.82, 2.24) is 15.2 Å². The van der Waals surface area contributed by atoms with Crippen molar-refractivity contribution >= 4 is 11.8 Å². The van der Waals surface area contributed by atoms with Gasteiger partial charge in [0.2, 0.25) is 0 Å². The maximum Gasteiger partial charge on any atom is 0.269 e. The summed E-state index contributed by atoms with van der Waals surface area (Å²) in [5.74, 6) is 1.00. The molecule has 3 rings (SSSR count). The fourth-order valence-electron chi connectivity index (χ4n) is 3.55. The molecule has 0 bridgehead atoms. The maximum absolute atomic E-state index is 12.7. The van der Waals surface area contributed by atoms with Crippen molar-refractivity contribution in [2.24, 2.45) is 5.92 Å². The number of carbonyl (C=O) groups is 2. The molecule has 0 saturated carbocycles. The number of amides is 2. The second-order valence-electron chi connectivity index (χ2n) is 7.25. The van der Waals surface area contributed by atoms with E-state index >= 15 is 0 Å². The van der Waals surface area contributed by atoms with Crippen LogP contribution in [-0.4, -0.2) is 48.4 Å². The molecule has 1 N–H and O–H groups in total. The molecular formula is C22H27N3O3. The second kappa shape index (κ2) is 9.35. The topological polar surface area (TPSA) is 71.5 Å². The molecule has 28 heavy (non-hydrogen) atoms. The Kier molecular flexibility index (Phi) is 6.63. The molecule has 1 atom stereocenters. The summed E-state index contributed by atoms with van der Waals surface area (Å²) < 4.78 is 5.33. The minimum absolute atomic E-state index is 0.0305. The molecule has 6 nitrogen and oxygen atoms in total. The Hall–Kier alpha value is -2.89. The highest BCUT2D eigenvalue weighted by molar-refractivity contribution is 5.98. The number of nitrogens with one attached hydrogen (secondary N) is 1. The van der Waals surface area contributed by atoms with E-state index in [0.29, 0.717) is 24.4 Å². The van der Waals surface area contributed by atoms with E-state index in [1.807, 2.05) is 29.2 Å². The largest absolute Gasteiger partial charge is 0.496 e. The summed E-state index contributed by atoms with van der Waals surface area (Å²) in [7, 11) is 1.63. The molecule has 1 aliphatic rings. The third-order valence-electron chi connectivity index (χ3n) is 5.06. The van der Waals surface area contributed by atoms with E-state index in [1.54, 1.807) is 19.2 Å². The first-order chi connectivity index (χ1) is 13.6. The van der Waals surface area contributed by atoms with Gasteiger partial charge in [-0.3, -0.25) is 14.6 Å². The van der Waals surface area contributed by atoms with Gasteiger partial charge in [-0.15, -0.1) is 0 Å². The molecular weight excluding hydrogens is 354 g/mol. The molecule has 0 aliphatic carbocycles. The summed E-state index contributed by atoms with van der Waals surface area (Å²) in [5.41, 5.74) is 1.80. The van der Waals surface area contributed by atoms with Gasteiger partial charge in [-0.25, -0.2) is 0 Å². The number of methoxy groups -OCH3 is 1. The molecule has 1 aliphatic heterocycles. The van der Waals surface area contributed by atoms with E-state index in [-0.39, 0.29) is 17.5 Å². The third-order valence-corrected chi connectivity index (χ3v) is 5.06. The lowest BCUT2D eigenvalue weighted by molar-refractivity contribution is 0.0683. The number of aromatic nitrogens is 1. The molecule has 1 unspecified atom stereocenters. The van der Waals surface area contributed by atoms with E-state index < -0.39 is 0 Å². The Bertz CT molecular complexity index is 837. The minimum atomic E-state index is -0.281. The van der Waals surface area contributed by atoms with Gasteiger partial charge in [0.05, 0.1) is 7.11 Å². The van der Waals surface area contributed by atoms with E-state index in [2.05, 4.69) is 17.2 Å². The Morgan fingerprint density at radius 3 is 2.89 bits per heavy atom. The molecule has 6 heteroatoms. The Labute approximate surface area is 165 Å². The predicted molar refractivity (Wildman–Crippen MR) is 108 cm³/mol. The highest BCUT2D eigenvalue weighted by Crippen LogP contribution is 2.19. The van der Waals surface area contributed by atoms with Crippen molar-refractivity contribution in [2.75, 3.05) is 26.7 Å². The van der Waals surface area contributed by atoms with Gasteiger partial charge in [0.15, 0.2) is 0 Å². The number of para-hydroxylation sites is 1. The molecule has 2 aromatic rings. The first-order valence-electron chi connectivity index (χ1n) is 9.74. The van der Waals surface area contributed by atoms with Gasteiger partial charge < -0.3 is 15.0 Å². The maximum atomic E-state index is 12.7. The number of pyridine rings is 1. The average molecular weight is 381 g/mol. The van der Waals surface area contributed by atoms with Gasteiger partial charge in [0.25, 0.3) is 11.8 Å². The van der Waals surface area contributed by atoms with Crippen LogP contribution in [0.25, 0.3) is 0 Å². The van der Waals surface area contributed by atoms with Crippen molar-refractivity contribution in [1.29, 1.82) is 0 Å². The standard InChI is InChI=1S/C22H27N3O3/c1-16-6-5-13-25(15-16)22(27)18-10-11-23-19(14-18)21(26)24-12-9-17-7-3-4-8-20(17)28-2/h3-4,7-8,10-11,14,16H,5-6,9,12-13,15H2,1-2H3,(H,24,26).